The maximum absolute atomic E-state index is 11.9. The summed E-state index contributed by atoms with van der Waals surface area (Å²) in [6.45, 7) is 2.50. The van der Waals surface area contributed by atoms with Crippen LogP contribution in [0.3, 0.4) is 0 Å². The topological polar surface area (TPSA) is 57.3 Å². The van der Waals surface area contributed by atoms with Crippen molar-refractivity contribution in [2.45, 2.75) is 25.9 Å². The van der Waals surface area contributed by atoms with E-state index in [9.17, 15) is 4.79 Å². The van der Waals surface area contributed by atoms with Crippen molar-refractivity contribution in [1.29, 1.82) is 0 Å². The number of anilines is 1. The Hall–Kier alpha value is -1.76. The van der Waals surface area contributed by atoms with Gasteiger partial charge < -0.3 is 10.6 Å². The Labute approximate surface area is 141 Å². The Morgan fingerprint density at radius 2 is 2.22 bits per heavy atom. The number of benzene rings is 1. The molecule has 2 aromatic rings. The molecule has 0 aliphatic rings. The second kappa shape index (κ2) is 9.39. The molecule has 5 nitrogen and oxygen atoms in total. The third-order valence-electron chi connectivity index (χ3n) is 3.41. The zero-order valence-electron chi connectivity index (χ0n) is 13.7. The van der Waals surface area contributed by atoms with Crippen LogP contribution >= 0.6 is 11.3 Å². The maximum Gasteiger partial charge on any atom is 0.224 e. The summed E-state index contributed by atoms with van der Waals surface area (Å²) in [7, 11) is 3.96. The van der Waals surface area contributed by atoms with Gasteiger partial charge in [0.2, 0.25) is 5.91 Å². The predicted octanol–water partition coefficient (Wildman–Crippen LogP) is 2.71. The molecule has 124 valence electrons. The lowest BCUT2D eigenvalue weighted by molar-refractivity contribution is -0.116. The SMILES string of the molecule is CNCCCC(=O)Nc1cccc(CN(C)Cc2cscn2)c1. The lowest BCUT2D eigenvalue weighted by Crippen LogP contribution is -2.18. The van der Waals surface area contributed by atoms with Crippen molar-refractivity contribution < 1.29 is 4.79 Å². The molecule has 0 atom stereocenters. The van der Waals surface area contributed by atoms with E-state index >= 15 is 0 Å². The van der Waals surface area contributed by atoms with Crippen LogP contribution < -0.4 is 10.6 Å². The number of hydrogen-bond acceptors (Lipinski definition) is 5. The number of amides is 1. The van der Waals surface area contributed by atoms with E-state index in [4.69, 9.17) is 0 Å². The van der Waals surface area contributed by atoms with Gasteiger partial charge in [0.25, 0.3) is 0 Å². The Morgan fingerprint density at radius 3 is 2.96 bits per heavy atom. The maximum atomic E-state index is 11.9. The van der Waals surface area contributed by atoms with E-state index in [0.29, 0.717) is 6.42 Å². The first-order valence-electron chi connectivity index (χ1n) is 7.76. The van der Waals surface area contributed by atoms with E-state index in [1.165, 1.54) is 5.56 Å². The average Bonchev–Trinajstić information content (AvgIpc) is 3.00. The molecule has 0 radical (unpaired) electrons. The summed E-state index contributed by atoms with van der Waals surface area (Å²) in [4.78, 5) is 18.4. The van der Waals surface area contributed by atoms with E-state index in [-0.39, 0.29) is 5.91 Å². The highest BCUT2D eigenvalue weighted by atomic mass is 32.1. The lowest BCUT2D eigenvalue weighted by atomic mass is 10.2. The molecule has 0 spiro atoms. The highest BCUT2D eigenvalue weighted by Crippen LogP contribution is 2.14. The van der Waals surface area contributed by atoms with Gasteiger partial charge in [0.1, 0.15) is 0 Å². The van der Waals surface area contributed by atoms with Crippen molar-refractivity contribution in [1.82, 2.24) is 15.2 Å². The Bertz CT molecular complexity index is 600. The quantitative estimate of drug-likeness (QED) is 0.693. The van der Waals surface area contributed by atoms with E-state index < -0.39 is 0 Å². The molecule has 6 heteroatoms. The molecule has 2 rings (SSSR count). The highest BCUT2D eigenvalue weighted by Gasteiger charge is 2.06. The number of rotatable bonds is 9. The third-order valence-corrected chi connectivity index (χ3v) is 4.04. The van der Waals surface area contributed by atoms with Crippen LogP contribution in [0.1, 0.15) is 24.1 Å². The molecule has 1 heterocycles. The van der Waals surface area contributed by atoms with Crippen LogP contribution in [0.5, 0.6) is 0 Å². The Balaban J connectivity index is 1.85. The Morgan fingerprint density at radius 1 is 1.35 bits per heavy atom. The summed E-state index contributed by atoms with van der Waals surface area (Å²) in [5.74, 6) is 0.0632. The normalized spacial score (nSPS) is 10.9. The predicted molar refractivity (Wildman–Crippen MR) is 95.5 cm³/mol. The molecule has 1 aromatic carbocycles. The summed E-state index contributed by atoms with van der Waals surface area (Å²) in [6, 6.07) is 8.02. The zero-order chi connectivity index (χ0) is 16.5. The van der Waals surface area contributed by atoms with Crippen molar-refractivity contribution in [2.75, 3.05) is 26.0 Å². The summed E-state index contributed by atoms with van der Waals surface area (Å²) in [6.07, 6.45) is 1.38. The van der Waals surface area contributed by atoms with Gasteiger partial charge in [0, 0.05) is 30.6 Å². The molecule has 1 aromatic heterocycles. The molecule has 0 aliphatic carbocycles. The summed E-state index contributed by atoms with van der Waals surface area (Å²) < 4.78 is 0. The number of aromatic nitrogens is 1. The van der Waals surface area contributed by atoms with Crippen LogP contribution in [0.15, 0.2) is 35.2 Å². The number of hydrogen-bond donors (Lipinski definition) is 2. The summed E-state index contributed by atoms with van der Waals surface area (Å²) in [5, 5.41) is 8.08. The minimum absolute atomic E-state index is 0.0632. The van der Waals surface area contributed by atoms with Gasteiger partial charge in [-0.3, -0.25) is 9.69 Å². The van der Waals surface area contributed by atoms with E-state index in [0.717, 1.165) is 37.4 Å². The second-order valence-electron chi connectivity index (χ2n) is 5.61. The van der Waals surface area contributed by atoms with Crippen LogP contribution in [0.4, 0.5) is 5.69 Å². The number of nitrogens with one attached hydrogen (secondary N) is 2. The van der Waals surface area contributed by atoms with Gasteiger partial charge in [-0.05, 0) is 44.8 Å². The molecular formula is C17H24N4OS. The number of carbonyl (C=O) groups excluding carboxylic acids is 1. The molecule has 23 heavy (non-hydrogen) atoms. The first kappa shape index (κ1) is 17.6. The highest BCUT2D eigenvalue weighted by molar-refractivity contribution is 7.07. The molecule has 0 aliphatic heterocycles. The summed E-state index contributed by atoms with van der Waals surface area (Å²) >= 11 is 1.62. The van der Waals surface area contributed by atoms with E-state index in [2.05, 4.69) is 39.0 Å². The van der Waals surface area contributed by atoms with Gasteiger partial charge in [-0.25, -0.2) is 4.98 Å². The first-order chi connectivity index (χ1) is 11.2. The monoisotopic (exact) mass is 332 g/mol. The number of nitrogens with zero attached hydrogens (tertiary/aromatic N) is 2. The fraction of sp³-hybridized carbons (Fsp3) is 0.412. The fourth-order valence-corrected chi connectivity index (χ4v) is 2.91. The van der Waals surface area contributed by atoms with Gasteiger partial charge in [0.05, 0.1) is 11.2 Å². The van der Waals surface area contributed by atoms with Crippen molar-refractivity contribution in [2.24, 2.45) is 0 Å². The standard InChI is InChI=1S/C17H24N4OS/c1-18-8-4-7-17(22)20-15-6-3-5-14(9-15)10-21(2)11-16-12-23-13-19-16/h3,5-6,9,12-13,18H,4,7-8,10-11H2,1-2H3,(H,20,22). The van der Waals surface area contributed by atoms with Crippen LogP contribution in [-0.4, -0.2) is 36.4 Å². The minimum atomic E-state index is 0.0632. The minimum Gasteiger partial charge on any atom is -0.326 e. The van der Waals surface area contributed by atoms with Crippen molar-refractivity contribution >= 4 is 22.9 Å². The second-order valence-corrected chi connectivity index (χ2v) is 6.33. The Kier molecular flexibility index (Phi) is 7.19. The molecule has 0 saturated carbocycles. The lowest BCUT2D eigenvalue weighted by Gasteiger charge is -2.16. The molecule has 0 bridgehead atoms. The number of carbonyl (C=O) groups is 1. The average molecular weight is 332 g/mol. The number of thiazole rings is 1. The van der Waals surface area contributed by atoms with Crippen molar-refractivity contribution in [3.63, 3.8) is 0 Å². The molecule has 0 unspecified atom stereocenters. The largest absolute Gasteiger partial charge is 0.326 e. The van der Waals surface area contributed by atoms with Crippen molar-refractivity contribution in [3.8, 4) is 0 Å². The summed E-state index contributed by atoms with van der Waals surface area (Å²) in [5.41, 5.74) is 4.98. The van der Waals surface area contributed by atoms with E-state index in [1.807, 2.05) is 30.8 Å². The van der Waals surface area contributed by atoms with Crippen LogP contribution in [0.25, 0.3) is 0 Å². The smallest absolute Gasteiger partial charge is 0.224 e. The zero-order valence-corrected chi connectivity index (χ0v) is 14.5. The first-order valence-corrected chi connectivity index (χ1v) is 8.70. The van der Waals surface area contributed by atoms with Crippen molar-refractivity contribution in [3.05, 3.63) is 46.4 Å². The molecule has 0 fully saturated rings. The van der Waals surface area contributed by atoms with Gasteiger partial charge >= 0.3 is 0 Å². The van der Waals surface area contributed by atoms with Crippen LogP contribution in [0.2, 0.25) is 0 Å². The molecule has 2 N–H and O–H groups in total. The van der Waals surface area contributed by atoms with Crippen LogP contribution in [0, 0.1) is 0 Å². The molecule has 1 amide bonds. The van der Waals surface area contributed by atoms with Gasteiger partial charge in [-0.2, -0.15) is 0 Å². The van der Waals surface area contributed by atoms with Gasteiger partial charge in [-0.15, -0.1) is 11.3 Å². The fourth-order valence-electron chi connectivity index (χ4n) is 2.36. The molecule has 0 saturated heterocycles. The molecular weight excluding hydrogens is 308 g/mol. The third kappa shape index (κ3) is 6.48. The van der Waals surface area contributed by atoms with E-state index in [1.54, 1.807) is 11.3 Å². The van der Waals surface area contributed by atoms with Gasteiger partial charge in [-0.1, -0.05) is 12.1 Å². The van der Waals surface area contributed by atoms with Gasteiger partial charge in [0.15, 0.2) is 0 Å². The van der Waals surface area contributed by atoms with Crippen LogP contribution in [-0.2, 0) is 17.9 Å².